The van der Waals surface area contributed by atoms with Gasteiger partial charge in [0.15, 0.2) is 0 Å². The second-order valence-corrected chi connectivity index (χ2v) is 7.17. The van der Waals surface area contributed by atoms with Gasteiger partial charge in [0.1, 0.15) is 6.04 Å². The number of nitrogens with one attached hydrogen (secondary N) is 1. The molecule has 2 amide bonds. The lowest BCUT2D eigenvalue weighted by molar-refractivity contribution is -0.138. The van der Waals surface area contributed by atoms with E-state index in [4.69, 9.17) is 0 Å². The van der Waals surface area contributed by atoms with Crippen molar-refractivity contribution in [1.29, 1.82) is 0 Å². The van der Waals surface area contributed by atoms with Crippen LogP contribution in [0.2, 0.25) is 0 Å². The third-order valence-corrected chi connectivity index (χ3v) is 4.29. The maximum absolute atomic E-state index is 12.9. The molecule has 1 heterocycles. The van der Waals surface area contributed by atoms with E-state index < -0.39 is 6.04 Å². The quantitative estimate of drug-likeness (QED) is 0.908. The molecule has 4 nitrogen and oxygen atoms in total. The standard InChI is InChI=1S/C19H28N2O2/c1-13(2)11-17(22)20-18(14(3)4)19(23)21-10-9-15-7-5-6-8-16(15)12-21/h5-8,13-14,18H,9-12H2,1-4H3,(H,20,22)/t18-/m0/s1. The summed E-state index contributed by atoms with van der Waals surface area (Å²) in [5, 5.41) is 2.94. The number of fused-ring (bicyclic) bond motifs is 1. The van der Waals surface area contributed by atoms with E-state index in [0.717, 1.165) is 13.0 Å². The lowest BCUT2D eigenvalue weighted by Gasteiger charge is -2.33. The highest BCUT2D eigenvalue weighted by Gasteiger charge is 2.30. The molecule has 1 aliphatic heterocycles. The van der Waals surface area contributed by atoms with Gasteiger partial charge in [-0.25, -0.2) is 0 Å². The Balaban J connectivity index is 2.05. The van der Waals surface area contributed by atoms with Crippen LogP contribution in [0.25, 0.3) is 0 Å². The van der Waals surface area contributed by atoms with Crippen molar-refractivity contribution >= 4 is 11.8 Å². The van der Waals surface area contributed by atoms with Gasteiger partial charge in [-0.05, 0) is 29.4 Å². The fourth-order valence-corrected chi connectivity index (χ4v) is 3.00. The second-order valence-electron chi connectivity index (χ2n) is 7.17. The molecule has 23 heavy (non-hydrogen) atoms. The van der Waals surface area contributed by atoms with E-state index in [1.807, 2.05) is 44.7 Å². The minimum atomic E-state index is -0.438. The van der Waals surface area contributed by atoms with Crippen molar-refractivity contribution in [2.75, 3.05) is 6.54 Å². The Bertz CT molecular complexity index is 566. The van der Waals surface area contributed by atoms with Crippen LogP contribution in [0.15, 0.2) is 24.3 Å². The molecule has 1 atom stereocenters. The van der Waals surface area contributed by atoms with Crippen LogP contribution in [0.4, 0.5) is 0 Å². The van der Waals surface area contributed by atoms with Crippen molar-refractivity contribution in [2.45, 2.75) is 53.1 Å². The molecular weight excluding hydrogens is 288 g/mol. The smallest absolute Gasteiger partial charge is 0.245 e. The summed E-state index contributed by atoms with van der Waals surface area (Å²) < 4.78 is 0. The number of hydrogen-bond donors (Lipinski definition) is 1. The van der Waals surface area contributed by atoms with Crippen LogP contribution < -0.4 is 5.32 Å². The Morgan fingerprint density at radius 2 is 1.78 bits per heavy atom. The number of rotatable bonds is 5. The number of amides is 2. The fraction of sp³-hybridized carbons (Fsp3) is 0.579. The minimum absolute atomic E-state index is 0.0339. The van der Waals surface area contributed by atoms with Gasteiger partial charge in [0.25, 0.3) is 0 Å². The number of benzene rings is 1. The first kappa shape index (κ1) is 17.5. The van der Waals surface area contributed by atoms with E-state index in [1.165, 1.54) is 11.1 Å². The van der Waals surface area contributed by atoms with Gasteiger partial charge < -0.3 is 10.2 Å². The molecule has 0 spiro atoms. The summed E-state index contributed by atoms with van der Waals surface area (Å²) >= 11 is 0. The van der Waals surface area contributed by atoms with Gasteiger partial charge in [-0.15, -0.1) is 0 Å². The van der Waals surface area contributed by atoms with Gasteiger partial charge >= 0.3 is 0 Å². The number of carbonyl (C=O) groups excluding carboxylic acids is 2. The zero-order valence-corrected chi connectivity index (χ0v) is 14.6. The number of carbonyl (C=O) groups is 2. The molecule has 2 rings (SSSR count). The van der Waals surface area contributed by atoms with Crippen molar-refractivity contribution in [3.8, 4) is 0 Å². The summed E-state index contributed by atoms with van der Waals surface area (Å²) in [7, 11) is 0. The van der Waals surface area contributed by atoms with Gasteiger partial charge in [-0.1, -0.05) is 52.0 Å². The molecule has 0 aliphatic carbocycles. The summed E-state index contributed by atoms with van der Waals surface area (Å²) in [6.07, 6.45) is 1.34. The first-order valence-electron chi connectivity index (χ1n) is 8.53. The summed E-state index contributed by atoms with van der Waals surface area (Å²) in [5.74, 6) is 0.367. The average molecular weight is 316 g/mol. The van der Waals surface area contributed by atoms with Gasteiger partial charge in [-0.3, -0.25) is 9.59 Å². The van der Waals surface area contributed by atoms with Crippen LogP contribution in [0.5, 0.6) is 0 Å². The van der Waals surface area contributed by atoms with Crippen LogP contribution in [0.3, 0.4) is 0 Å². The molecule has 1 aromatic rings. The second kappa shape index (κ2) is 7.62. The van der Waals surface area contributed by atoms with Gasteiger partial charge in [0, 0.05) is 19.5 Å². The average Bonchev–Trinajstić information content (AvgIpc) is 2.50. The van der Waals surface area contributed by atoms with E-state index in [-0.39, 0.29) is 17.7 Å². The summed E-state index contributed by atoms with van der Waals surface area (Å²) in [6.45, 7) is 9.34. The maximum atomic E-state index is 12.9. The highest BCUT2D eigenvalue weighted by Crippen LogP contribution is 2.20. The Kier molecular flexibility index (Phi) is 5.80. The summed E-state index contributed by atoms with van der Waals surface area (Å²) in [6, 6.07) is 7.82. The molecule has 1 aliphatic rings. The summed E-state index contributed by atoms with van der Waals surface area (Å²) in [4.78, 5) is 26.8. The zero-order chi connectivity index (χ0) is 17.0. The SMILES string of the molecule is CC(C)CC(=O)N[C@H](C(=O)N1CCc2ccccc2C1)C(C)C. The first-order chi connectivity index (χ1) is 10.9. The molecule has 0 saturated carbocycles. The minimum Gasteiger partial charge on any atom is -0.344 e. The predicted octanol–water partition coefficient (Wildman–Crippen LogP) is 2.76. The van der Waals surface area contributed by atoms with Crippen molar-refractivity contribution in [3.63, 3.8) is 0 Å². The van der Waals surface area contributed by atoms with E-state index in [1.54, 1.807) is 0 Å². The van der Waals surface area contributed by atoms with E-state index in [9.17, 15) is 9.59 Å². The number of hydrogen-bond acceptors (Lipinski definition) is 2. The Morgan fingerprint density at radius 1 is 1.13 bits per heavy atom. The Labute approximate surface area is 139 Å². The Hall–Kier alpha value is -1.84. The molecule has 126 valence electrons. The van der Waals surface area contributed by atoms with E-state index in [0.29, 0.717) is 18.9 Å². The molecule has 4 heteroatoms. The first-order valence-corrected chi connectivity index (χ1v) is 8.53. The topological polar surface area (TPSA) is 49.4 Å². The molecule has 1 aromatic carbocycles. The molecule has 0 fully saturated rings. The van der Waals surface area contributed by atoms with Crippen LogP contribution in [-0.2, 0) is 22.6 Å². The van der Waals surface area contributed by atoms with Gasteiger partial charge in [0.05, 0.1) is 0 Å². The summed E-state index contributed by atoms with van der Waals surface area (Å²) in [5.41, 5.74) is 2.53. The van der Waals surface area contributed by atoms with E-state index in [2.05, 4.69) is 17.4 Å². The molecular formula is C19H28N2O2. The third kappa shape index (κ3) is 4.57. The molecule has 0 aromatic heterocycles. The largest absolute Gasteiger partial charge is 0.344 e. The zero-order valence-electron chi connectivity index (χ0n) is 14.6. The maximum Gasteiger partial charge on any atom is 0.245 e. The third-order valence-electron chi connectivity index (χ3n) is 4.29. The number of nitrogens with zero attached hydrogens (tertiary/aromatic N) is 1. The highest BCUT2D eigenvalue weighted by atomic mass is 16.2. The van der Waals surface area contributed by atoms with Crippen molar-refractivity contribution in [3.05, 3.63) is 35.4 Å². The lowest BCUT2D eigenvalue weighted by Crippen LogP contribution is -2.52. The van der Waals surface area contributed by atoms with Crippen molar-refractivity contribution in [1.82, 2.24) is 10.2 Å². The van der Waals surface area contributed by atoms with Crippen molar-refractivity contribution < 1.29 is 9.59 Å². The lowest BCUT2D eigenvalue weighted by atomic mass is 9.97. The molecule has 0 bridgehead atoms. The molecule has 0 unspecified atom stereocenters. The van der Waals surface area contributed by atoms with E-state index >= 15 is 0 Å². The highest BCUT2D eigenvalue weighted by molar-refractivity contribution is 5.88. The van der Waals surface area contributed by atoms with Crippen molar-refractivity contribution in [2.24, 2.45) is 11.8 Å². The predicted molar refractivity (Wildman–Crippen MR) is 91.8 cm³/mol. The molecule has 0 saturated heterocycles. The monoisotopic (exact) mass is 316 g/mol. The van der Waals surface area contributed by atoms with Crippen LogP contribution >= 0.6 is 0 Å². The van der Waals surface area contributed by atoms with Crippen LogP contribution in [0, 0.1) is 11.8 Å². The fourth-order valence-electron chi connectivity index (χ4n) is 3.00. The molecule has 1 N–H and O–H groups in total. The van der Waals surface area contributed by atoms with Crippen LogP contribution in [-0.4, -0.2) is 29.3 Å². The van der Waals surface area contributed by atoms with Gasteiger partial charge in [0.2, 0.25) is 11.8 Å². The van der Waals surface area contributed by atoms with Crippen LogP contribution in [0.1, 0.15) is 45.2 Å². The van der Waals surface area contributed by atoms with Gasteiger partial charge in [-0.2, -0.15) is 0 Å². The molecule has 0 radical (unpaired) electrons. The Morgan fingerprint density at radius 3 is 2.39 bits per heavy atom. The normalized spacial score (nSPS) is 15.5.